The molecule has 2 N–H and O–H groups in total. The molecule has 0 aliphatic heterocycles. The first kappa shape index (κ1) is 19.7. The Kier molecular flexibility index (Phi) is 6.63. The second-order valence-corrected chi connectivity index (χ2v) is 8.03. The Morgan fingerprint density at radius 3 is 2.59 bits per heavy atom. The van der Waals surface area contributed by atoms with E-state index in [0.29, 0.717) is 11.1 Å². The summed E-state index contributed by atoms with van der Waals surface area (Å²) in [5.41, 5.74) is 3.33. The summed E-state index contributed by atoms with van der Waals surface area (Å²) >= 11 is 6.48. The number of pyridine rings is 2. The first-order valence-electron chi connectivity index (χ1n) is 10.4. The molecule has 0 unspecified atom stereocenters. The maximum absolute atomic E-state index is 6.48. The summed E-state index contributed by atoms with van der Waals surface area (Å²) < 4.78 is 0. The molecule has 1 saturated carbocycles. The van der Waals surface area contributed by atoms with Crippen LogP contribution in [-0.2, 0) is 6.42 Å². The smallest absolute Gasteiger partial charge is 0.126 e. The Hall–Kier alpha value is -2.59. The number of halogens is 1. The van der Waals surface area contributed by atoms with Crippen molar-refractivity contribution in [1.82, 2.24) is 9.97 Å². The van der Waals surface area contributed by atoms with E-state index in [-0.39, 0.29) is 0 Å². The van der Waals surface area contributed by atoms with Crippen LogP contribution in [0.3, 0.4) is 0 Å². The average molecular weight is 407 g/mol. The van der Waals surface area contributed by atoms with Crippen molar-refractivity contribution < 1.29 is 0 Å². The summed E-state index contributed by atoms with van der Waals surface area (Å²) in [6.45, 7) is 0.832. The predicted molar refractivity (Wildman–Crippen MR) is 122 cm³/mol. The van der Waals surface area contributed by atoms with Crippen LogP contribution >= 0.6 is 11.6 Å². The second kappa shape index (κ2) is 9.75. The number of nitrogens with one attached hydrogen (secondary N) is 2. The zero-order valence-corrected chi connectivity index (χ0v) is 17.3. The molecule has 29 heavy (non-hydrogen) atoms. The number of hydrogen-bond donors (Lipinski definition) is 2. The molecule has 1 aliphatic rings. The molecule has 2 aromatic heterocycles. The first-order chi connectivity index (χ1) is 14.3. The van der Waals surface area contributed by atoms with E-state index in [9.17, 15) is 0 Å². The highest BCUT2D eigenvalue weighted by molar-refractivity contribution is 6.33. The van der Waals surface area contributed by atoms with Crippen molar-refractivity contribution in [2.75, 3.05) is 17.2 Å². The standard InChI is InChI=1S/C24H27ClN4/c25-22-17-28-24(29-20-9-5-2-6-10-20)16-21(22)19-12-14-27-23(15-19)26-13-11-18-7-3-1-4-8-18/h1,3-4,7-8,12,14-17,20H,2,5-6,9-11,13H2,(H,26,27)(H,28,29). The SMILES string of the molecule is Clc1cnc(NC2CCCCC2)cc1-c1ccnc(NCCc2ccccc2)c1. The molecular weight excluding hydrogens is 380 g/mol. The largest absolute Gasteiger partial charge is 0.370 e. The van der Waals surface area contributed by atoms with Crippen LogP contribution in [0.15, 0.2) is 60.9 Å². The van der Waals surface area contributed by atoms with E-state index in [2.05, 4.69) is 57.0 Å². The predicted octanol–water partition coefficient (Wildman–Crippen LogP) is 6.20. The van der Waals surface area contributed by atoms with Crippen molar-refractivity contribution in [3.8, 4) is 11.1 Å². The fourth-order valence-electron chi connectivity index (χ4n) is 3.87. The van der Waals surface area contributed by atoms with Crippen LogP contribution in [0.25, 0.3) is 11.1 Å². The number of benzene rings is 1. The van der Waals surface area contributed by atoms with Crippen molar-refractivity contribution in [1.29, 1.82) is 0 Å². The van der Waals surface area contributed by atoms with Gasteiger partial charge in [-0.3, -0.25) is 0 Å². The van der Waals surface area contributed by atoms with Gasteiger partial charge in [0.1, 0.15) is 11.6 Å². The van der Waals surface area contributed by atoms with Gasteiger partial charge in [0.05, 0.1) is 5.02 Å². The van der Waals surface area contributed by atoms with Gasteiger partial charge in [0.2, 0.25) is 0 Å². The van der Waals surface area contributed by atoms with Gasteiger partial charge < -0.3 is 10.6 Å². The van der Waals surface area contributed by atoms with Gasteiger partial charge in [-0.2, -0.15) is 0 Å². The highest BCUT2D eigenvalue weighted by Crippen LogP contribution is 2.31. The van der Waals surface area contributed by atoms with Gasteiger partial charge in [0.25, 0.3) is 0 Å². The fraction of sp³-hybridized carbons (Fsp3) is 0.333. The third-order valence-electron chi connectivity index (χ3n) is 5.45. The third kappa shape index (κ3) is 5.48. The van der Waals surface area contributed by atoms with Crippen molar-refractivity contribution in [2.24, 2.45) is 0 Å². The van der Waals surface area contributed by atoms with E-state index < -0.39 is 0 Å². The van der Waals surface area contributed by atoms with Crippen LogP contribution in [-0.4, -0.2) is 22.6 Å². The van der Waals surface area contributed by atoms with Crippen molar-refractivity contribution in [3.63, 3.8) is 0 Å². The second-order valence-electron chi connectivity index (χ2n) is 7.62. The van der Waals surface area contributed by atoms with Crippen LogP contribution in [0.1, 0.15) is 37.7 Å². The van der Waals surface area contributed by atoms with Gasteiger partial charge >= 0.3 is 0 Å². The van der Waals surface area contributed by atoms with Crippen LogP contribution in [0.2, 0.25) is 5.02 Å². The molecule has 0 saturated heterocycles. The van der Waals surface area contributed by atoms with E-state index in [1.165, 1.54) is 37.7 Å². The lowest BCUT2D eigenvalue weighted by Crippen LogP contribution is -2.22. The molecule has 1 fully saturated rings. The maximum Gasteiger partial charge on any atom is 0.126 e. The molecule has 1 aliphatic carbocycles. The van der Waals surface area contributed by atoms with Crippen LogP contribution in [0.5, 0.6) is 0 Å². The lowest BCUT2D eigenvalue weighted by atomic mass is 9.95. The van der Waals surface area contributed by atoms with Crippen LogP contribution < -0.4 is 10.6 Å². The van der Waals surface area contributed by atoms with Gasteiger partial charge in [0.15, 0.2) is 0 Å². The highest BCUT2D eigenvalue weighted by atomic mass is 35.5. The van der Waals surface area contributed by atoms with Gasteiger partial charge in [-0.15, -0.1) is 0 Å². The fourth-order valence-corrected chi connectivity index (χ4v) is 4.08. The van der Waals surface area contributed by atoms with Crippen molar-refractivity contribution in [3.05, 3.63) is 71.5 Å². The summed E-state index contributed by atoms with van der Waals surface area (Å²) in [7, 11) is 0. The van der Waals surface area contributed by atoms with Crippen LogP contribution in [0.4, 0.5) is 11.6 Å². The molecule has 4 nitrogen and oxygen atoms in total. The quantitative estimate of drug-likeness (QED) is 0.490. The minimum absolute atomic E-state index is 0.512. The molecule has 0 atom stereocenters. The highest BCUT2D eigenvalue weighted by Gasteiger charge is 2.15. The minimum Gasteiger partial charge on any atom is -0.370 e. The zero-order chi connectivity index (χ0) is 19.9. The Morgan fingerprint density at radius 2 is 1.76 bits per heavy atom. The summed E-state index contributed by atoms with van der Waals surface area (Å²) in [6.07, 6.45) is 10.9. The summed E-state index contributed by atoms with van der Waals surface area (Å²) in [5.74, 6) is 1.75. The molecule has 5 heteroatoms. The zero-order valence-electron chi connectivity index (χ0n) is 16.6. The third-order valence-corrected chi connectivity index (χ3v) is 5.75. The molecule has 1 aromatic carbocycles. The average Bonchev–Trinajstić information content (AvgIpc) is 2.77. The Balaban J connectivity index is 1.44. The van der Waals surface area contributed by atoms with E-state index in [0.717, 1.165) is 35.7 Å². The van der Waals surface area contributed by atoms with E-state index >= 15 is 0 Å². The van der Waals surface area contributed by atoms with Gasteiger partial charge in [-0.05, 0) is 48.6 Å². The van der Waals surface area contributed by atoms with Crippen molar-refractivity contribution >= 4 is 23.2 Å². The molecular formula is C24H27ClN4. The normalized spacial score (nSPS) is 14.5. The Bertz CT molecular complexity index is 923. The first-order valence-corrected chi connectivity index (χ1v) is 10.8. The number of aromatic nitrogens is 2. The van der Waals surface area contributed by atoms with Gasteiger partial charge in [-0.25, -0.2) is 9.97 Å². The summed E-state index contributed by atoms with van der Waals surface area (Å²) in [4.78, 5) is 8.95. The molecule has 4 rings (SSSR count). The van der Waals surface area contributed by atoms with E-state index in [1.807, 2.05) is 18.3 Å². The molecule has 150 valence electrons. The molecule has 0 radical (unpaired) electrons. The Morgan fingerprint density at radius 1 is 0.931 bits per heavy atom. The number of hydrogen-bond acceptors (Lipinski definition) is 4. The molecule has 0 spiro atoms. The molecule has 3 aromatic rings. The molecule has 2 heterocycles. The number of nitrogens with zero attached hydrogens (tertiary/aromatic N) is 2. The minimum atomic E-state index is 0.512. The van der Waals surface area contributed by atoms with E-state index in [1.54, 1.807) is 6.20 Å². The number of anilines is 2. The lowest BCUT2D eigenvalue weighted by Gasteiger charge is -2.23. The molecule has 0 amide bonds. The van der Waals surface area contributed by atoms with E-state index in [4.69, 9.17) is 11.6 Å². The monoisotopic (exact) mass is 406 g/mol. The van der Waals surface area contributed by atoms with Gasteiger partial charge in [0, 0.05) is 30.5 Å². The molecule has 0 bridgehead atoms. The maximum atomic E-state index is 6.48. The van der Waals surface area contributed by atoms with Crippen molar-refractivity contribution in [2.45, 2.75) is 44.6 Å². The topological polar surface area (TPSA) is 49.8 Å². The summed E-state index contributed by atoms with van der Waals surface area (Å²) in [6, 6.07) is 17.1. The van der Waals surface area contributed by atoms with Crippen LogP contribution in [0, 0.1) is 0 Å². The Labute approximate surface area is 177 Å². The van der Waals surface area contributed by atoms with Gasteiger partial charge in [-0.1, -0.05) is 61.2 Å². The number of rotatable bonds is 7. The summed E-state index contributed by atoms with van der Waals surface area (Å²) in [5, 5.41) is 7.66. The lowest BCUT2D eigenvalue weighted by molar-refractivity contribution is 0.462.